The minimum absolute atomic E-state index is 0.899. The molecule has 20 heavy (non-hydrogen) atoms. The molecule has 0 saturated heterocycles. The van der Waals surface area contributed by atoms with Crippen LogP contribution in [0.5, 0.6) is 0 Å². The Labute approximate surface area is 122 Å². The lowest BCUT2D eigenvalue weighted by atomic mass is 10.0. The van der Waals surface area contributed by atoms with Crippen molar-refractivity contribution >= 4 is 33.6 Å². The lowest BCUT2D eigenvalue weighted by Crippen LogP contribution is -2.20. The molecule has 0 spiro atoms. The number of amidine groups is 1. The Hall–Kier alpha value is -1.68. The Morgan fingerprint density at radius 1 is 1.40 bits per heavy atom. The second kappa shape index (κ2) is 4.42. The van der Waals surface area contributed by atoms with Crippen molar-refractivity contribution in [2.75, 3.05) is 13.1 Å². The maximum absolute atomic E-state index is 5.75. The first-order valence-corrected chi connectivity index (χ1v) is 7.81. The predicted octanol–water partition coefficient (Wildman–Crippen LogP) is 4.24. The first kappa shape index (κ1) is 12.1. The van der Waals surface area contributed by atoms with E-state index in [1.54, 1.807) is 6.26 Å². The molecule has 2 aromatic rings. The molecule has 0 N–H and O–H groups in total. The summed E-state index contributed by atoms with van der Waals surface area (Å²) < 4.78 is 5.75. The summed E-state index contributed by atoms with van der Waals surface area (Å²) >= 11 is 1.82. The molecule has 3 heterocycles. The zero-order valence-corrected chi connectivity index (χ0v) is 12.5. The summed E-state index contributed by atoms with van der Waals surface area (Å²) in [5.74, 6) is 0. The lowest BCUT2D eigenvalue weighted by Gasteiger charge is -2.18. The number of allylic oxidation sites excluding steroid dienone is 1. The van der Waals surface area contributed by atoms with Gasteiger partial charge < -0.3 is 9.32 Å². The molecule has 0 fully saturated rings. The average Bonchev–Trinajstić information content (AvgIpc) is 3.11. The van der Waals surface area contributed by atoms with Crippen molar-refractivity contribution in [3.8, 4) is 0 Å². The van der Waals surface area contributed by atoms with E-state index in [0.717, 1.165) is 30.3 Å². The summed E-state index contributed by atoms with van der Waals surface area (Å²) in [6.45, 7) is 6.23. The van der Waals surface area contributed by atoms with Crippen molar-refractivity contribution in [2.45, 2.75) is 20.3 Å². The molecule has 0 radical (unpaired) electrons. The minimum atomic E-state index is 0.899. The number of rotatable bonds is 2. The van der Waals surface area contributed by atoms with Crippen LogP contribution >= 0.6 is 11.8 Å². The molecule has 4 rings (SSSR count). The summed E-state index contributed by atoms with van der Waals surface area (Å²) in [6.07, 6.45) is 2.81. The van der Waals surface area contributed by atoms with E-state index in [9.17, 15) is 0 Å². The Morgan fingerprint density at radius 3 is 3.15 bits per heavy atom. The Bertz CT molecular complexity index is 757. The molecule has 3 nitrogen and oxygen atoms in total. The van der Waals surface area contributed by atoms with Crippen molar-refractivity contribution < 1.29 is 4.42 Å². The molecule has 0 amide bonds. The van der Waals surface area contributed by atoms with E-state index < -0.39 is 0 Å². The molecule has 0 aliphatic carbocycles. The maximum atomic E-state index is 5.75. The van der Waals surface area contributed by atoms with E-state index in [0.29, 0.717) is 0 Å². The van der Waals surface area contributed by atoms with Gasteiger partial charge in [0.1, 0.15) is 5.58 Å². The summed E-state index contributed by atoms with van der Waals surface area (Å²) in [5.41, 5.74) is 4.77. The Balaban J connectivity index is 1.97. The monoisotopic (exact) mass is 284 g/mol. The molecule has 0 saturated carbocycles. The van der Waals surface area contributed by atoms with Crippen LogP contribution in [0.4, 0.5) is 0 Å². The first-order valence-electron chi connectivity index (χ1n) is 6.99. The van der Waals surface area contributed by atoms with Gasteiger partial charge >= 0.3 is 0 Å². The number of benzene rings is 1. The Kier molecular flexibility index (Phi) is 2.67. The molecule has 0 bridgehead atoms. The molecule has 2 aliphatic heterocycles. The van der Waals surface area contributed by atoms with Crippen LogP contribution in [0.3, 0.4) is 0 Å². The molecule has 0 atom stereocenters. The number of nitrogens with zero attached hydrogens (tertiary/aromatic N) is 2. The maximum Gasteiger partial charge on any atom is 0.168 e. The van der Waals surface area contributed by atoms with Gasteiger partial charge in [-0.1, -0.05) is 18.7 Å². The highest BCUT2D eigenvalue weighted by atomic mass is 32.2. The molecular formula is C16H16N2OS. The smallest absolute Gasteiger partial charge is 0.168 e. The van der Waals surface area contributed by atoms with Gasteiger partial charge in [-0.15, -0.1) is 0 Å². The number of fused-ring (bicyclic) bond motifs is 2. The number of hydrogen-bond acceptors (Lipinski definition) is 4. The van der Waals surface area contributed by atoms with Gasteiger partial charge in [0.2, 0.25) is 0 Å². The van der Waals surface area contributed by atoms with E-state index in [2.05, 4.69) is 35.9 Å². The van der Waals surface area contributed by atoms with E-state index in [1.807, 2.05) is 17.8 Å². The molecule has 102 valence electrons. The third-order valence-corrected chi connectivity index (χ3v) is 5.08. The predicted molar refractivity (Wildman–Crippen MR) is 84.8 cm³/mol. The van der Waals surface area contributed by atoms with Crippen LogP contribution in [0.25, 0.3) is 16.7 Å². The van der Waals surface area contributed by atoms with Crippen LogP contribution in [0.1, 0.15) is 24.5 Å². The van der Waals surface area contributed by atoms with Gasteiger partial charge in [0.25, 0.3) is 0 Å². The zero-order valence-electron chi connectivity index (χ0n) is 11.6. The van der Waals surface area contributed by atoms with Crippen LogP contribution in [0.15, 0.2) is 38.8 Å². The van der Waals surface area contributed by atoms with Crippen LogP contribution in [-0.2, 0) is 0 Å². The van der Waals surface area contributed by atoms with Gasteiger partial charge in [0.15, 0.2) is 5.17 Å². The second-order valence-electron chi connectivity index (χ2n) is 5.19. The molecule has 0 unspecified atom stereocenters. The van der Waals surface area contributed by atoms with Gasteiger partial charge in [0.05, 0.1) is 18.5 Å². The fraction of sp³-hybridized carbons (Fsp3) is 0.312. The lowest BCUT2D eigenvalue weighted by molar-refractivity contribution is 0.607. The van der Waals surface area contributed by atoms with Crippen molar-refractivity contribution in [1.82, 2.24) is 4.90 Å². The third kappa shape index (κ3) is 1.64. The highest BCUT2D eigenvalue weighted by Crippen LogP contribution is 2.45. The van der Waals surface area contributed by atoms with E-state index in [1.165, 1.54) is 27.1 Å². The van der Waals surface area contributed by atoms with Crippen LogP contribution < -0.4 is 0 Å². The standard InChI is InChI=1S/C16H16N2OS/c1-3-13-14(18-6-5-17-16(18)20-13)12-9-10(2)8-11-4-7-19-15(11)12/h4,7-9H,3,5-6H2,1-2H3. The largest absolute Gasteiger partial charge is 0.464 e. The van der Waals surface area contributed by atoms with Crippen LogP contribution in [-0.4, -0.2) is 23.2 Å². The third-order valence-electron chi connectivity index (χ3n) is 3.82. The van der Waals surface area contributed by atoms with Crippen LogP contribution in [0, 0.1) is 6.92 Å². The number of thioether (sulfide) groups is 1. The fourth-order valence-corrected chi connectivity index (χ4v) is 4.10. The first-order chi connectivity index (χ1) is 9.78. The number of furan rings is 1. The molecule has 1 aromatic heterocycles. The number of aryl methyl sites for hydroxylation is 1. The van der Waals surface area contributed by atoms with Crippen molar-refractivity contribution in [3.05, 3.63) is 40.5 Å². The van der Waals surface area contributed by atoms with Gasteiger partial charge in [0, 0.05) is 22.4 Å². The summed E-state index contributed by atoms with van der Waals surface area (Å²) in [5, 5.41) is 2.33. The highest BCUT2D eigenvalue weighted by molar-refractivity contribution is 8.17. The molecular weight excluding hydrogens is 268 g/mol. The molecule has 4 heteroatoms. The topological polar surface area (TPSA) is 28.7 Å². The fourth-order valence-electron chi connectivity index (χ4n) is 2.97. The van der Waals surface area contributed by atoms with Gasteiger partial charge in [-0.2, -0.15) is 0 Å². The quantitative estimate of drug-likeness (QED) is 0.826. The number of hydrogen-bond donors (Lipinski definition) is 0. The molecule has 2 aliphatic rings. The van der Waals surface area contributed by atoms with Gasteiger partial charge in [-0.25, -0.2) is 0 Å². The SMILES string of the molecule is CCC1=C(c2cc(C)cc3ccoc23)N2CCN=C2S1. The van der Waals surface area contributed by atoms with E-state index >= 15 is 0 Å². The molecule has 1 aromatic carbocycles. The van der Waals surface area contributed by atoms with Gasteiger partial charge in [-0.3, -0.25) is 4.99 Å². The van der Waals surface area contributed by atoms with Crippen molar-refractivity contribution in [3.63, 3.8) is 0 Å². The number of aliphatic imine (C=N–C) groups is 1. The van der Waals surface area contributed by atoms with Gasteiger partial charge in [-0.05, 0) is 37.1 Å². The van der Waals surface area contributed by atoms with Crippen LogP contribution in [0.2, 0.25) is 0 Å². The van der Waals surface area contributed by atoms with E-state index in [-0.39, 0.29) is 0 Å². The normalized spacial score (nSPS) is 18.1. The van der Waals surface area contributed by atoms with Crippen molar-refractivity contribution in [2.24, 2.45) is 4.99 Å². The summed E-state index contributed by atoms with van der Waals surface area (Å²) in [6, 6.07) is 6.45. The summed E-state index contributed by atoms with van der Waals surface area (Å²) in [4.78, 5) is 8.34. The zero-order chi connectivity index (χ0) is 13.7. The van der Waals surface area contributed by atoms with E-state index in [4.69, 9.17) is 4.42 Å². The second-order valence-corrected chi connectivity index (χ2v) is 6.26. The summed E-state index contributed by atoms with van der Waals surface area (Å²) in [7, 11) is 0. The minimum Gasteiger partial charge on any atom is -0.464 e. The Morgan fingerprint density at radius 2 is 2.30 bits per heavy atom. The highest BCUT2D eigenvalue weighted by Gasteiger charge is 2.33. The van der Waals surface area contributed by atoms with Crippen molar-refractivity contribution in [1.29, 1.82) is 0 Å². The average molecular weight is 284 g/mol.